The van der Waals surface area contributed by atoms with Crippen molar-refractivity contribution in [1.82, 2.24) is 0 Å². The average molecular weight is 266 g/mol. The summed E-state index contributed by atoms with van der Waals surface area (Å²) in [4.78, 5) is 33.1. The molecule has 0 aromatic heterocycles. The van der Waals surface area contributed by atoms with Crippen molar-refractivity contribution >= 4 is 23.3 Å². The molecule has 7 heteroatoms. The molecule has 0 spiro atoms. The molecule has 7 nitrogen and oxygen atoms in total. The number of nitro benzene ring substituents is 1. The van der Waals surface area contributed by atoms with Crippen molar-refractivity contribution in [2.45, 2.75) is 20.3 Å². The van der Waals surface area contributed by atoms with E-state index in [1.54, 1.807) is 13.8 Å². The van der Waals surface area contributed by atoms with E-state index in [2.05, 4.69) is 5.32 Å². The van der Waals surface area contributed by atoms with E-state index in [9.17, 15) is 19.7 Å². The van der Waals surface area contributed by atoms with E-state index >= 15 is 0 Å². The third kappa shape index (κ3) is 3.77. The third-order valence-corrected chi connectivity index (χ3v) is 2.30. The van der Waals surface area contributed by atoms with Crippen LogP contribution >= 0.6 is 0 Å². The highest BCUT2D eigenvalue weighted by Crippen LogP contribution is 2.26. The predicted octanol–water partition coefficient (Wildman–Crippen LogP) is 2.12. The molecule has 0 atom stereocenters. The van der Waals surface area contributed by atoms with E-state index in [0.717, 1.165) is 6.07 Å². The first-order valence-electron chi connectivity index (χ1n) is 5.75. The van der Waals surface area contributed by atoms with Crippen LogP contribution in [0.5, 0.6) is 0 Å². The SMILES string of the molecule is CCOC(=O)c1ccc([N+](=O)[O-])c(NC(=O)CC)c1. The summed E-state index contributed by atoms with van der Waals surface area (Å²) in [7, 11) is 0. The van der Waals surface area contributed by atoms with Crippen molar-refractivity contribution in [2.24, 2.45) is 0 Å². The van der Waals surface area contributed by atoms with E-state index < -0.39 is 10.9 Å². The van der Waals surface area contributed by atoms with Crippen molar-refractivity contribution in [3.05, 3.63) is 33.9 Å². The lowest BCUT2D eigenvalue weighted by Gasteiger charge is -2.07. The topological polar surface area (TPSA) is 98.5 Å². The Bertz CT molecular complexity index is 513. The molecule has 0 unspecified atom stereocenters. The molecule has 1 amide bonds. The molecule has 0 saturated heterocycles. The maximum atomic E-state index is 11.5. The number of nitrogens with zero attached hydrogens (tertiary/aromatic N) is 1. The van der Waals surface area contributed by atoms with Gasteiger partial charge in [0.25, 0.3) is 5.69 Å². The largest absolute Gasteiger partial charge is 0.462 e. The summed E-state index contributed by atoms with van der Waals surface area (Å²) in [6.07, 6.45) is 0.181. The van der Waals surface area contributed by atoms with Crippen LogP contribution < -0.4 is 5.32 Å². The number of carbonyl (C=O) groups excluding carboxylic acids is 2. The number of nitro groups is 1. The highest BCUT2D eigenvalue weighted by atomic mass is 16.6. The zero-order chi connectivity index (χ0) is 14.4. The van der Waals surface area contributed by atoms with Crippen LogP contribution in [0.2, 0.25) is 0 Å². The molecule has 0 aliphatic heterocycles. The fourth-order valence-corrected chi connectivity index (χ4v) is 1.38. The Morgan fingerprint density at radius 2 is 2.05 bits per heavy atom. The van der Waals surface area contributed by atoms with Crippen LogP contribution in [0.3, 0.4) is 0 Å². The summed E-state index contributed by atoms with van der Waals surface area (Å²) >= 11 is 0. The van der Waals surface area contributed by atoms with Crippen molar-refractivity contribution in [2.75, 3.05) is 11.9 Å². The highest BCUT2D eigenvalue weighted by molar-refractivity contribution is 5.96. The molecule has 0 heterocycles. The minimum atomic E-state index is -0.625. The first kappa shape index (κ1) is 14.6. The zero-order valence-corrected chi connectivity index (χ0v) is 10.6. The first-order chi connectivity index (χ1) is 8.99. The van der Waals surface area contributed by atoms with E-state index in [1.807, 2.05) is 0 Å². The maximum absolute atomic E-state index is 11.5. The zero-order valence-electron chi connectivity index (χ0n) is 10.6. The number of hydrogen-bond acceptors (Lipinski definition) is 5. The fraction of sp³-hybridized carbons (Fsp3) is 0.333. The molecule has 1 aromatic rings. The van der Waals surface area contributed by atoms with Gasteiger partial charge in [0.1, 0.15) is 5.69 Å². The summed E-state index contributed by atoms with van der Waals surface area (Å²) in [5.41, 5.74) is -0.129. The van der Waals surface area contributed by atoms with Gasteiger partial charge in [-0.25, -0.2) is 4.79 Å². The quantitative estimate of drug-likeness (QED) is 0.500. The normalized spacial score (nSPS) is 9.79. The van der Waals surface area contributed by atoms with Gasteiger partial charge >= 0.3 is 5.97 Å². The second-order valence-electron chi connectivity index (χ2n) is 3.61. The molecule has 1 aromatic carbocycles. The number of carbonyl (C=O) groups is 2. The van der Waals surface area contributed by atoms with Crippen molar-refractivity contribution in [1.29, 1.82) is 0 Å². The first-order valence-corrected chi connectivity index (χ1v) is 5.75. The van der Waals surface area contributed by atoms with Crippen LogP contribution in [0.1, 0.15) is 30.6 Å². The molecular weight excluding hydrogens is 252 g/mol. The average Bonchev–Trinajstić information content (AvgIpc) is 2.38. The Hall–Kier alpha value is -2.44. The summed E-state index contributed by atoms with van der Waals surface area (Å²) in [6.45, 7) is 3.48. The van der Waals surface area contributed by atoms with E-state index in [1.165, 1.54) is 12.1 Å². The second-order valence-corrected chi connectivity index (χ2v) is 3.61. The highest BCUT2D eigenvalue weighted by Gasteiger charge is 2.18. The van der Waals surface area contributed by atoms with Crippen molar-refractivity contribution in [3.8, 4) is 0 Å². The standard InChI is InChI=1S/C12H14N2O5/c1-3-11(15)13-9-7-8(12(16)19-4-2)5-6-10(9)14(17)18/h5-7H,3-4H2,1-2H3,(H,13,15). The summed E-state index contributed by atoms with van der Waals surface area (Å²) < 4.78 is 4.79. The Kier molecular flexibility index (Phi) is 4.99. The molecule has 0 aliphatic carbocycles. The van der Waals surface area contributed by atoms with Gasteiger partial charge in [0.2, 0.25) is 5.91 Å². The lowest BCUT2D eigenvalue weighted by molar-refractivity contribution is -0.383. The molecule has 1 rings (SSSR count). The van der Waals surface area contributed by atoms with Gasteiger partial charge in [0.15, 0.2) is 0 Å². The number of rotatable bonds is 5. The number of amides is 1. The van der Waals surface area contributed by atoms with E-state index in [4.69, 9.17) is 4.74 Å². The monoisotopic (exact) mass is 266 g/mol. The minimum Gasteiger partial charge on any atom is -0.462 e. The lowest BCUT2D eigenvalue weighted by Crippen LogP contribution is -2.12. The molecule has 0 radical (unpaired) electrons. The lowest BCUT2D eigenvalue weighted by atomic mass is 10.1. The molecule has 1 N–H and O–H groups in total. The van der Waals surface area contributed by atoms with Gasteiger partial charge in [-0.1, -0.05) is 6.92 Å². The van der Waals surface area contributed by atoms with Gasteiger partial charge in [-0.15, -0.1) is 0 Å². The molecule has 19 heavy (non-hydrogen) atoms. The Balaban J connectivity index is 3.14. The minimum absolute atomic E-state index is 0.0117. The Labute approximate surface area is 109 Å². The third-order valence-electron chi connectivity index (χ3n) is 2.30. The number of benzene rings is 1. The fourth-order valence-electron chi connectivity index (χ4n) is 1.38. The number of esters is 1. The molecule has 0 saturated carbocycles. The Morgan fingerprint density at radius 1 is 1.37 bits per heavy atom. The van der Waals surface area contributed by atoms with E-state index in [-0.39, 0.29) is 35.9 Å². The van der Waals surface area contributed by atoms with E-state index in [0.29, 0.717) is 0 Å². The van der Waals surface area contributed by atoms with Crippen LogP contribution in [-0.4, -0.2) is 23.4 Å². The van der Waals surface area contributed by atoms with Crippen LogP contribution in [0, 0.1) is 10.1 Å². The van der Waals surface area contributed by atoms with Crippen molar-refractivity contribution in [3.63, 3.8) is 0 Å². The van der Waals surface area contributed by atoms with Crippen molar-refractivity contribution < 1.29 is 19.2 Å². The van der Waals surface area contributed by atoms with Gasteiger partial charge < -0.3 is 10.1 Å². The van der Waals surface area contributed by atoms with Crippen LogP contribution in [0.15, 0.2) is 18.2 Å². The molecule has 0 fully saturated rings. The van der Waals surface area contributed by atoms with Gasteiger partial charge in [-0.3, -0.25) is 14.9 Å². The van der Waals surface area contributed by atoms with Crippen LogP contribution in [0.4, 0.5) is 11.4 Å². The van der Waals surface area contributed by atoms with Gasteiger partial charge in [0.05, 0.1) is 17.1 Å². The maximum Gasteiger partial charge on any atom is 0.338 e. The molecule has 0 bridgehead atoms. The summed E-state index contributed by atoms with van der Waals surface area (Å²) in [5.74, 6) is -0.964. The smallest absolute Gasteiger partial charge is 0.338 e. The number of anilines is 1. The second kappa shape index (κ2) is 6.48. The predicted molar refractivity (Wildman–Crippen MR) is 68.0 cm³/mol. The molecule has 0 aliphatic rings. The Morgan fingerprint density at radius 3 is 2.58 bits per heavy atom. The number of nitrogens with one attached hydrogen (secondary N) is 1. The summed E-state index contributed by atoms with van der Waals surface area (Å²) in [6, 6.07) is 3.69. The molecule has 102 valence electrons. The summed E-state index contributed by atoms with van der Waals surface area (Å²) in [5, 5.41) is 13.2. The van der Waals surface area contributed by atoms with Crippen LogP contribution in [0.25, 0.3) is 0 Å². The molecular formula is C12H14N2O5. The van der Waals surface area contributed by atoms with Gasteiger partial charge in [-0.05, 0) is 19.1 Å². The number of ether oxygens (including phenoxy) is 1. The van der Waals surface area contributed by atoms with Gasteiger partial charge in [0, 0.05) is 12.5 Å². The van der Waals surface area contributed by atoms with Gasteiger partial charge in [-0.2, -0.15) is 0 Å². The van der Waals surface area contributed by atoms with Crippen LogP contribution in [-0.2, 0) is 9.53 Å². The number of hydrogen-bond donors (Lipinski definition) is 1.